The lowest BCUT2D eigenvalue weighted by molar-refractivity contribution is -0.137. The predicted octanol–water partition coefficient (Wildman–Crippen LogP) is 7.83. The summed E-state index contributed by atoms with van der Waals surface area (Å²) in [5, 5.41) is 0.676. The molecule has 1 heterocycles. The second-order valence-corrected chi connectivity index (χ2v) is 8.19. The summed E-state index contributed by atoms with van der Waals surface area (Å²) in [6.45, 7) is 0. The van der Waals surface area contributed by atoms with Crippen molar-refractivity contribution in [1.82, 2.24) is 4.98 Å². The normalized spacial score (nSPS) is 11.6. The molecule has 0 atom stereocenters. The van der Waals surface area contributed by atoms with Gasteiger partial charge in [-0.05, 0) is 28.8 Å². The molecule has 1 aromatic heterocycles. The molecular weight excluding hydrogens is 427 g/mol. The number of nitrogens with zero attached hydrogens (tertiary/aromatic N) is 1. The molecule has 0 aliphatic carbocycles. The van der Waals surface area contributed by atoms with Crippen LogP contribution in [-0.2, 0) is 18.5 Å². The monoisotopic (exact) mass is 443 g/mol. The molecule has 0 fully saturated rings. The van der Waals surface area contributed by atoms with Crippen LogP contribution in [0.4, 0.5) is 13.2 Å². The van der Waals surface area contributed by atoms with E-state index in [1.54, 1.807) is 0 Å². The highest BCUT2D eigenvalue weighted by molar-refractivity contribution is 7.15. The average Bonchev–Trinajstić information content (AvgIpc) is 3.17. The number of benzene rings is 3. The largest absolute Gasteiger partial charge is 0.416 e. The van der Waals surface area contributed by atoms with E-state index in [0.717, 1.165) is 39.4 Å². The first-order valence-corrected chi connectivity index (χ1v) is 10.7. The maximum absolute atomic E-state index is 12.8. The van der Waals surface area contributed by atoms with Crippen LogP contribution in [0.2, 0.25) is 0 Å². The Kier molecular flexibility index (Phi) is 5.93. The van der Waals surface area contributed by atoms with E-state index in [2.05, 4.69) is 41.4 Å². The van der Waals surface area contributed by atoms with Crippen molar-refractivity contribution in [3.63, 3.8) is 0 Å². The van der Waals surface area contributed by atoms with Gasteiger partial charge in [-0.2, -0.15) is 13.2 Å². The van der Waals surface area contributed by atoms with Gasteiger partial charge < -0.3 is 0 Å². The average molecular weight is 444 g/mol. The van der Waals surface area contributed by atoms with Gasteiger partial charge >= 0.3 is 6.18 Å². The number of thiazole rings is 1. The fraction of sp³-hybridized carbons (Fsp3) is 0.125. The Balaban J connectivity index is 1.56. The maximum atomic E-state index is 12.8. The van der Waals surface area contributed by atoms with Gasteiger partial charge in [0.25, 0.3) is 0 Å². The first-order valence-electron chi connectivity index (χ1n) is 9.30. The molecule has 0 aliphatic rings. The van der Waals surface area contributed by atoms with E-state index in [0.29, 0.717) is 22.9 Å². The quantitative estimate of drug-likeness (QED) is 0.286. The van der Waals surface area contributed by atoms with Crippen molar-refractivity contribution < 1.29 is 13.2 Å². The summed E-state index contributed by atoms with van der Waals surface area (Å²) in [7, 11) is 0. The first-order chi connectivity index (χ1) is 14.4. The molecule has 0 radical (unpaired) electrons. The summed E-state index contributed by atoms with van der Waals surface area (Å²) in [6.07, 6.45) is -3.73. The number of aromatic nitrogens is 1. The van der Waals surface area contributed by atoms with E-state index in [4.69, 9.17) is 11.6 Å². The minimum Gasteiger partial charge on any atom is -0.240 e. The first kappa shape index (κ1) is 20.6. The summed E-state index contributed by atoms with van der Waals surface area (Å²) in [5.41, 5.74) is 4.25. The standard InChI is InChI=1S/C24H17ClF3NS/c25-15-22-21(14-16-6-8-18(9-7-16)17-4-2-1-3-5-17)29-23(30-22)19-10-12-20(13-11-19)24(26,27)28/h1-13H,14-15H2. The third kappa shape index (κ3) is 4.58. The van der Waals surface area contributed by atoms with Crippen LogP contribution < -0.4 is 0 Å². The van der Waals surface area contributed by atoms with Gasteiger partial charge in [-0.3, -0.25) is 0 Å². The van der Waals surface area contributed by atoms with Gasteiger partial charge in [-0.15, -0.1) is 22.9 Å². The molecule has 0 saturated carbocycles. The van der Waals surface area contributed by atoms with Crippen LogP contribution in [0.15, 0.2) is 78.9 Å². The number of alkyl halides is 4. The molecular formula is C24H17ClF3NS. The Morgan fingerprint density at radius 3 is 1.97 bits per heavy atom. The van der Waals surface area contributed by atoms with Crippen LogP contribution >= 0.6 is 22.9 Å². The molecule has 4 aromatic rings. The molecule has 0 unspecified atom stereocenters. The van der Waals surface area contributed by atoms with Crippen molar-refractivity contribution in [1.29, 1.82) is 0 Å². The summed E-state index contributed by atoms with van der Waals surface area (Å²) in [4.78, 5) is 5.60. The molecule has 0 saturated heterocycles. The lowest BCUT2D eigenvalue weighted by Crippen LogP contribution is -2.03. The highest BCUT2D eigenvalue weighted by Crippen LogP contribution is 2.34. The number of hydrogen-bond donors (Lipinski definition) is 0. The van der Waals surface area contributed by atoms with Crippen LogP contribution in [0.5, 0.6) is 0 Å². The lowest BCUT2D eigenvalue weighted by atomic mass is 10.0. The minimum atomic E-state index is -4.35. The molecule has 0 spiro atoms. The summed E-state index contributed by atoms with van der Waals surface area (Å²) in [5.74, 6) is 0.315. The Hall–Kier alpha value is -2.63. The fourth-order valence-electron chi connectivity index (χ4n) is 3.19. The van der Waals surface area contributed by atoms with Crippen LogP contribution in [0.1, 0.15) is 21.7 Å². The van der Waals surface area contributed by atoms with Gasteiger partial charge in [0.1, 0.15) is 5.01 Å². The van der Waals surface area contributed by atoms with Crippen LogP contribution in [0, 0.1) is 0 Å². The molecule has 0 N–H and O–H groups in total. The van der Waals surface area contributed by atoms with Crippen LogP contribution in [0.3, 0.4) is 0 Å². The Labute approximate surface area is 181 Å². The van der Waals surface area contributed by atoms with Crippen molar-refractivity contribution in [2.45, 2.75) is 18.5 Å². The minimum absolute atomic E-state index is 0.315. The van der Waals surface area contributed by atoms with Crippen molar-refractivity contribution in [2.24, 2.45) is 0 Å². The molecule has 4 rings (SSSR count). The van der Waals surface area contributed by atoms with E-state index < -0.39 is 11.7 Å². The van der Waals surface area contributed by atoms with Crippen molar-refractivity contribution in [3.05, 3.63) is 101 Å². The van der Waals surface area contributed by atoms with E-state index >= 15 is 0 Å². The van der Waals surface area contributed by atoms with Crippen LogP contribution in [0.25, 0.3) is 21.7 Å². The lowest BCUT2D eigenvalue weighted by Gasteiger charge is -2.06. The molecule has 30 heavy (non-hydrogen) atoms. The molecule has 0 bridgehead atoms. The van der Waals surface area contributed by atoms with E-state index in [9.17, 15) is 13.2 Å². The second-order valence-electron chi connectivity index (χ2n) is 6.84. The molecule has 0 amide bonds. The highest BCUT2D eigenvalue weighted by atomic mass is 35.5. The topological polar surface area (TPSA) is 12.9 Å². The third-order valence-corrected chi connectivity index (χ3v) is 6.36. The fourth-order valence-corrected chi connectivity index (χ4v) is 4.44. The van der Waals surface area contributed by atoms with Gasteiger partial charge in [0.15, 0.2) is 0 Å². The van der Waals surface area contributed by atoms with E-state index in [-0.39, 0.29) is 0 Å². The number of halogens is 4. The molecule has 0 aliphatic heterocycles. The Morgan fingerprint density at radius 1 is 0.767 bits per heavy atom. The SMILES string of the molecule is FC(F)(F)c1ccc(-c2nc(Cc3ccc(-c4ccccc4)cc3)c(CCl)s2)cc1. The zero-order valence-corrected chi connectivity index (χ0v) is 17.4. The smallest absolute Gasteiger partial charge is 0.240 e. The molecule has 1 nitrogen and oxygen atoms in total. The Morgan fingerprint density at radius 2 is 1.37 bits per heavy atom. The summed E-state index contributed by atoms with van der Waals surface area (Å²) < 4.78 is 38.4. The van der Waals surface area contributed by atoms with Crippen molar-refractivity contribution >= 4 is 22.9 Å². The predicted molar refractivity (Wildman–Crippen MR) is 117 cm³/mol. The Bertz CT molecular complexity index is 1120. The van der Waals surface area contributed by atoms with Crippen LogP contribution in [-0.4, -0.2) is 4.98 Å². The van der Waals surface area contributed by atoms with Crippen molar-refractivity contribution in [3.8, 4) is 21.7 Å². The van der Waals surface area contributed by atoms with Gasteiger partial charge in [0, 0.05) is 16.9 Å². The van der Waals surface area contributed by atoms with E-state index in [1.165, 1.54) is 23.5 Å². The van der Waals surface area contributed by atoms with E-state index in [1.807, 2.05) is 18.2 Å². The second kappa shape index (κ2) is 8.62. The summed E-state index contributed by atoms with van der Waals surface area (Å²) in [6, 6.07) is 23.5. The zero-order valence-electron chi connectivity index (χ0n) is 15.8. The third-order valence-electron chi connectivity index (χ3n) is 4.79. The zero-order chi connectivity index (χ0) is 21.1. The molecule has 3 aromatic carbocycles. The van der Waals surface area contributed by atoms with Crippen molar-refractivity contribution in [2.75, 3.05) is 0 Å². The van der Waals surface area contributed by atoms with Gasteiger partial charge in [-0.25, -0.2) is 4.98 Å². The van der Waals surface area contributed by atoms with Gasteiger partial charge in [-0.1, -0.05) is 66.7 Å². The molecule has 152 valence electrons. The molecule has 6 heteroatoms. The van der Waals surface area contributed by atoms with Gasteiger partial charge in [0.05, 0.1) is 17.1 Å². The van der Waals surface area contributed by atoms with Gasteiger partial charge in [0.2, 0.25) is 0 Å². The maximum Gasteiger partial charge on any atom is 0.416 e. The highest BCUT2D eigenvalue weighted by Gasteiger charge is 2.30. The number of rotatable bonds is 5. The number of hydrogen-bond acceptors (Lipinski definition) is 2. The summed E-state index contributed by atoms with van der Waals surface area (Å²) >= 11 is 7.53.